The lowest BCUT2D eigenvalue weighted by Crippen LogP contribution is -2.21. The van der Waals surface area contributed by atoms with Gasteiger partial charge in [0.15, 0.2) is 5.65 Å². The van der Waals surface area contributed by atoms with Crippen molar-refractivity contribution in [2.24, 2.45) is 0 Å². The van der Waals surface area contributed by atoms with Crippen molar-refractivity contribution in [3.8, 4) is 11.4 Å². The van der Waals surface area contributed by atoms with Crippen LogP contribution < -0.4 is 0 Å². The molecule has 5 nitrogen and oxygen atoms in total. The van der Waals surface area contributed by atoms with Gasteiger partial charge in [-0.3, -0.25) is 4.68 Å². The molecule has 0 bridgehead atoms. The molecule has 3 rings (SSSR count). The Morgan fingerprint density at radius 1 is 1.16 bits per heavy atom. The molecular weight excluding hydrogens is 238 g/mol. The molecule has 0 amide bonds. The van der Waals surface area contributed by atoms with Crippen molar-refractivity contribution >= 4 is 11.2 Å². The first-order valence-corrected chi connectivity index (χ1v) is 6.32. The standard InChI is InChI=1S/C14H17N5/c1-9-5-6-11-13(16-9)18-12(17-11)10-7-15-19(8-10)14(2,3)4/h5-8H,1-4H3,(H,16,17,18). The summed E-state index contributed by atoms with van der Waals surface area (Å²) < 4.78 is 1.94. The van der Waals surface area contributed by atoms with Gasteiger partial charge in [0.25, 0.3) is 0 Å². The van der Waals surface area contributed by atoms with E-state index in [0.717, 1.165) is 28.2 Å². The van der Waals surface area contributed by atoms with Gasteiger partial charge in [-0.2, -0.15) is 5.10 Å². The molecule has 3 heterocycles. The second-order valence-electron chi connectivity index (χ2n) is 5.75. The molecule has 5 heteroatoms. The van der Waals surface area contributed by atoms with Crippen LogP contribution in [0, 0.1) is 6.92 Å². The average molecular weight is 255 g/mol. The maximum atomic E-state index is 4.52. The Hall–Kier alpha value is -2.17. The van der Waals surface area contributed by atoms with E-state index in [1.165, 1.54) is 0 Å². The highest BCUT2D eigenvalue weighted by molar-refractivity contribution is 5.75. The van der Waals surface area contributed by atoms with Gasteiger partial charge >= 0.3 is 0 Å². The summed E-state index contributed by atoms with van der Waals surface area (Å²) in [4.78, 5) is 12.2. The quantitative estimate of drug-likeness (QED) is 0.727. The maximum Gasteiger partial charge on any atom is 0.178 e. The van der Waals surface area contributed by atoms with Crippen molar-refractivity contribution in [1.82, 2.24) is 24.7 Å². The number of hydrogen-bond donors (Lipinski definition) is 1. The Morgan fingerprint density at radius 3 is 2.63 bits per heavy atom. The lowest BCUT2D eigenvalue weighted by molar-refractivity contribution is 0.355. The molecule has 19 heavy (non-hydrogen) atoms. The number of aryl methyl sites for hydroxylation is 1. The van der Waals surface area contributed by atoms with Crippen LogP contribution in [0.4, 0.5) is 0 Å². The minimum Gasteiger partial charge on any atom is -0.336 e. The average Bonchev–Trinajstić information content (AvgIpc) is 2.92. The smallest absolute Gasteiger partial charge is 0.178 e. The van der Waals surface area contributed by atoms with Gasteiger partial charge in [-0.05, 0) is 39.8 Å². The van der Waals surface area contributed by atoms with Crippen LogP contribution in [0.25, 0.3) is 22.6 Å². The lowest BCUT2D eigenvalue weighted by Gasteiger charge is -2.18. The first-order valence-electron chi connectivity index (χ1n) is 6.32. The van der Waals surface area contributed by atoms with E-state index in [4.69, 9.17) is 0 Å². The summed E-state index contributed by atoms with van der Waals surface area (Å²) in [6.45, 7) is 8.32. The molecule has 98 valence electrons. The summed E-state index contributed by atoms with van der Waals surface area (Å²) in [5.41, 5.74) is 3.61. The van der Waals surface area contributed by atoms with Crippen LogP contribution >= 0.6 is 0 Å². The number of fused-ring (bicyclic) bond motifs is 1. The van der Waals surface area contributed by atoms with E-state index < -0.39 is 0 Å². The van der Waals surface area contributed by atoms with Gasteiger partial charge in [0.2, 0.25) is 0 Å². The minimum absolute atomic E-state index is 0.0287. The van der Waals surface area contributed by atoms with Crippen molar-refractivity contribution < 1.29 is 0 Å². The predicted molar refractivity (Wildman–Crippen MR) is 74.8 cm³/mol. The highest BCUT2D eigenvalue weighted by atomic mass is 15.3. The van der Waals surface area contributed by atoms with E-state index in [1.807, 2.05) is 36.1 Å². The van der Waals surface area contributed by atoms with Crippen LogP contribution in [-0.2, 0) is 5.54 Å². The van der Waals surface area contributed by atoms with Gasteiger partial charge in [0.1, 0.15) is 5.82 Å². The Bertz CT molecular complexity index is 730. The Labute approximate surface area is 111 Å². The van der Waals surface area contributed by atoms with Gasteiger partial charge in [0.05, 0.1) is 22.8 Å². The fourth-order valence-electron chi connectivity index (χ4n) is 1.94. The molecule has 1 N–H and O–H groups in total. The van der Waals surface area contributed by atoms with Gasteiger partial charge in [-0.25, -0.2) is 9.97 Å². The van der Waals surface area contributed by atoms with Crippen molar-refractivity contribution in [2.75, 3.05) is 0 Å². The summed E-state index contributed by atoms with van der Waals surface area (Å²) in [5, 5.41) is 4.39. The van der Waals surface area contributed by atoms with Gasteiger partial charge in [-0.1, -0.05) is 0 Å². The highest BCUT2D eigenvalue weighted by Crippen LogP contribution is 2.21. The Morgan fingerprint density at radius 2 is 1.95 bits per heavy atom. The van der Waals surface area contributed by atoms with E-state index in [1.54, 1.807) is 0 Å². The van der Waals surface area contributed by atoms with Crippen LogP contribution in [0.1, 0.15) is 26.5 Å². The van der Waals surface area contributed by atoms with E-state index in [2.05, 4.69) is 40.8 Å². The zero-order valence-electron chi connectivity index (χ0n) is 11.6. The van der Waals surface area contributed by atoms with Crippen molar-refractivity contribution in [3.63, 3.8) is 0 Å². The second kappa shape index (κ2) is 3.91. The van der Waals surface area contributed by atoms with E-state index in [-0.39, 0.29) is 5.54 Å². The summed E-state index contributed by atoms with van der Waals surface area (Å²) in [5.74, 6) is 0.809. The molecular formula is C14H17N5. The first kappa shape index (κ1) is 11.9. The zero-order valence-corrected chi connectivity index (χ0v) is 11.6. The lowest BCUT2D eigenvalue weighted by atomic mass is 10.1. The summed E-state index contributed by atoms with van der Waals surface area (Å²) >= 11 is 0. The monoisotopic (exact) mass is 255 g/mol. The minimum atomic E-state index is -0.0287. The molecule has 0 saturated heterocycles. The number of aromatic amines is 1. The Balaban J connectivity index is 2.07. The third kappa shape index (κ3) is 2.12. The number of nitrogens with zero attached hydrogens (tertiary/aromatic N) is 4. The first-order chi connectivity index (χ1) is 8.93. The normalized spacial score (nSPS) is 12.2. The van der Waals surface area contributed by atoms with Gasteiger partial charge in [0, 0.05) is 11.9 Å². The second-order valence-corrected chi connectivity index (χ2v) is 5.75. The predicted octanol–water partition coefficient (Wildman–Crippen LogP) is 2.88. The van der Waals surface area contributed by atoms with Crippen LogP contribution in [0.15, 0.2) is 24.5 Å². The van der Waals surface area contributed by atoms with E-state index in [0.29, 0.717) is 0 Å². The van der Waals surface area contributed by atoms with Crippen molar-refractivity contribution in [3.05, 3.63) is 30.2 Å². The van der Waals surface area contributed by atoms with Crippen LogP contribution in [0.5, 0.6) is 0 Å². The number of hydrogen-bond acceptors (Lipinski definition) is 3. The number of rotatable bonds is 1. The molecule has 0 atom stereocenters. The molecule has 0 aromatic carbocycles. The number of nitrogens with one attached hydrogen (secondary N) is 1. The molecule has 0 unspecified atom stereocenters. The summed E-state index contributed by atoms with van der Waals surface area (Å²) in [6, 6.07) is 3.98. The molecule has 0 saturated carbocycles. The highest BCUT2D eigenvalue weighted by Gasteiger charge is 2.16. The third-order valence-corrected chi connectivity index (χ3v) is 3.03. The molecule has 0 fully saturated rings. The number of pyridine rings is 1. The molecule has 0 aliphatic carbocycles. The number of imidazole rings is 1. The fourth-order valence-corrected chi connectivity index (χ4v) is 1.94. The van der Waals surface area contributed by atoms with Crippen LogP contribution in [0.3, 0.4) is 0 Å². The molecule has 0 aliphatic rings. The van der Waals surface area contributed by atoms with Gasteiger partial charge in [-0.15, -0.1) is 0 Å². The van der Waals surface area contributed by atoms with Gasteiger partial charge < -0.3 is 4.98 Å². The molecule has 3 aromatic heterocycles. The molecule has 3 aromatic rings. The van der Waals surface area contributed by atoms with E-state index in [9.17, 15) is 0 Å². The summed E-state index contributed by atoms with van der Waals surface area (Å²) in [6.07, 6.45) is 3.83. The number of H-pyrrole nitrogens is 1. The molecule has 0 aliphatic heterocycles. The SMILES string of the molecule is Cc1ccc2[nH]c(-c3cnn(C(C)(C)C)c3)nc2n1. The third-order valence-electron chi connectivity index (χ3n) is 3.03. The van der Waals surface area contributed by atoms with Crippen molar-refractivity contribution in [1.29, 1.82) is 0 Å². The maximum absolute atomic E-state index is 4.52. The topological polar surface area (TPSA) is 59.4 Å². The van der Waals surface area contributed by atoms with Crippen LogP contribution in [0.2, 0.25) is 0 Å². The van der Waals surface area contributed by atoms with E-state index >= 15 is 0 Å². The summed E-state index contributed by atoms with van der Waals surface area (Å²) in [7, 11) is 0. The Kier molecular flexibility index (Phi) is 2.45. The fraction of sp³-hybridized carbons (Fsp3) is 0.357. The molecule has 0 spiro atoms. The largest absolute Gasteiger partial charge is 0.336 e. The van der Waals surface area contributed by atoms with Crippen LogP contribution in [-0.4, -0.2) is 24.7 Å². The number of aromatic nitrogens is 5. The zero-order chi connectivity index (χ0) is 13.6. The van der Waals surface area contributed by atoms with Crippen molar-refractivity contribution in [2.45, 2.75) is 33.2 Å². The molecule has 0 radical (unpaired) electrons.